The van der Waals surface area contributed by atoms with E-state index in [-0.39, 0.29) is 12.6 Å². The maximum Gasteiger partial charge on any atom is 0.416 e. The third kappa shape index (κ3) is 5.93. The molecule has 0 aliphatic rings. The van der Waals surface area contributed by atoms with Crippen molar-refractivity contribution in [3.63, 3.8) is 0 Å². The molecule has 5 nitrogen and oxygen atoms in total. The average Bonchev–Trinajstić information content (AvgIpc) is 2.64. The van der Waals surface area contributed by atoms with E-state index in [1.807, 2.05) is 5.32 Å². The van der Waals surface area contributed by atoms with Gasteiger partial charge < -0.3 is 20.1 Å². The summed E-state index contributed by atoms with van der Waals surface area (Å²) < 4.78 is 87.3. The van der Waals surface area contributed by atoms with Gasteiger partial charge in [0.15, 0.2) is 11.5 Å². The number of carbonyl (C=O) groups is 1. The Morgan fingerprint density at radius 1 is 0.862 bits per heavy atom. The molecule has 0 spiro atoms. The summed E-state index contributed by atoms with van der Waals surface area (Å²) in [5.74, 6) is 0.837. The minimum atomic E-state index is -5.01. The number of methoxy groups -OCH3 is 2. The van der Waals surface area contributed by atoms with E-state index in [0.717, 1.165) is 0 Å². The van der Waals surface area contributed by atoms with E-state index in [0.29, 0.717) is 29.2 Å². The van der Waals surface area contributed by atoms with Crippen LogP contribution in [0.5, 0.6) is 11.5 Å². The van der Waals surface area contributed by atoms with Gasteiger partial charge in [0.05, 0.1) is 25.3 Å². The van der Waals surface area contributed by atoms with Crippen molar-refractivity contribution in [1.29, 1.82) is 0 Å². The Labute approximate surface area is 161 Å². The molecule has 0 bridgehead atoms. The Bertz CT molecular complexity index is 849. The van der Waals surface area contributed by atoms with Gasteiger partial charge in [-0.25, -0.2) is 4.79 Å². The maximum absolute atomic E-state index is 12.9. The molecule has 0 aliphatic heterocycles. The summed E-state index contributed by atoms with van der Waals surface area (Å²) in [7, 11) is 2.85. The molecule has 2 rings (SSSR count). The second kappa shape index (κ2) is 8.50. The van der Waals surface area contributed by atoms with Crippen molar-refractivity contribution in [3.05, 3.63) is 53.1 Å². The Hall–Kier alpha value is -3.11. The summed E-state index contributed by atoms with van der Waals surface area (Å²) in [6, 6.07) is 4.59. The highest BCUT2D eigenvalue weighted by atomic mass is 19.4. The predicted octanol–water partition coefficient (Wildman–Crippen LogP) is 5.06. The first kappa shape index (κ1) is 22.2. The first-order chi connectivity index (χ1) is 13.4. The smallest absolute Gasteiger partial charge is 0.416 e. The van der Waals surface area contributed by atoms with Crippen molar-refractivity contribution in [2.45, 2.75) is 18.9 Å². The molecule has 158 valence electrons. The largest absolute Gasteiger partial charge is 0.493 e. The number of urea groups is 1. The van der Waals surface area contributed by atoms with E-state index in [4.69, 9.17) is 9.47 Å². The van der Waals surface area contributed by atoms with Crippen LogP contribution in [-0.4, -0.2) is 20.3 Å². The van der Waals surface area contributed by atoms with E-state index in [9.17, 15) is 31.1 Å². The Kier molecular flexibility index (Phi) is 6.50. The lowest BCUT2D eigenvalue weighted by atomic mass is 10.1. The minimum absolute atomic E-state index is 0.0211. The van der Waals surface area contributed by atoms with Crippen LogP contribution >= 0.6 is 0 Å². The summed E-state index contributed by atoms with van der Waals surface area (Å²) in [6.45, 7) is -0.0583. The van der Waals surface area contributed by atoms with Gasteiger partial charge in [-0.2, -0.15) is 26.3 Å². The van der Waals surface area contributed by atoms with Crippen molar-refractivity contribution < 1.29 is 40.6 Å². The van der Waals surface area contributed by atoms with Crippen LogP contribution in [0.4, 0.5) is 36.8 Å². The van der Waals surface area contributed by atoms with E-state index in [1.165, 1.54) is 14.2 Å². The molecule has 0 saturated carbocycles. The molecule has 0 unspecified atom stereocenters. The molecule has 29 heavy (non-hydrogen) atoms. The molecule has 0 radical (unpaired) electrons. The monoisotopic (exact) mass is 422 g/mol. The fraction of sp³-hybridized carbons (Fsp3) is 0.278. The Morgan fingerprint density at radius 2 is 1.41 bits per heavy atom. The zero-order valence-electron chi connectivity index (χ0n) is 15.2. The van der Waals surface area contributed by atoms with Crippen LogP contribution in [0.3, 0.4) is 0 Å². The minimum Gasteiger partial charge on any atom is -0.493 e. The molecule has 2 N–H and O–H groups in total. The first-order valence-electron chi connectivity index (χ1n) is 7.99. The van der Waals surface area contributed by atoms with Crippen LogP contribution < -0.4 is 20.1 Å². The standard InChI is InChI=1S/C18H16F6N2O3/c1-28-14-4-3-10(5-15(14)29-2)9-25-16(27)26-13-7-11(17(19,20)21)6-12(8-13)18(22,23)24/h3-8H,9H2,1-2H3,(H2,25,26,27). The Balaban J connectivity index is 2.14. The number of amides is 2. The van der Waals surface area contributed by atoms with Crippen molar-refractivity contribution in [1.82, 2.24) is 5.32 Å². The zero-order valence-corrected chi connectivity index (χ0v) is 15.2. The highest BCUT2D eigenvalue weighted by Gasteiger charge is 2.37. The number of hydrogen-bond donors (Lipinski definition) is 2. The molecule has 0 aromatic heterocycles. The maximum atomic E-state index is 12.9. The highest BCUT2D eigenvalue weighted by Crippen LogP contribution is 2.37. The van der Waals surface area contributed by atoms with Gasteiger partial charge in [-0.05, 0) is 35.9 Å². The van der Waals surface area contributed by atoms with E-state index >= 15 is 0 Å². The number of anilines is 1. The highest BCUT2D eigenvalue weighted by molar-refractivity contribution is 5.89. The van der Waals surface area contributed by atoms with Gasteiger partial charge in [-0.1, -0.05) is 6.07 Å². The lowest BCUT2D eigenvalue weighted by Gasteiger charge is -2.15. The van der Waals surface area contributed by atoms with E-state index < -0.39 is 35.2 Å². The van der Waals surface area contributed by atoms with Crippen LogP contribution in [0.1, 0.15) is 16.7 Å². The molecular formula is C18H16F6N2O3. The number of rotatable bonds is 5. The van der Waals surface area contributed by atoms with Gasteiger partial charge in [0.2, 0.25) is 0 Å². The number of alkyl halides is 6. The molecule has 0 saturated heterocycles. The van der Waals surface area contributed by atoms with Crippen LogP contribution in [-0.2, 0) is 18.9 Å². The summed E-state index contributed by atoms with van der Waals surface area (Å²) in [5.41, 5.74) is -3.13. The average molecular weight is 422 g/mol. The second-order valence-corrected chi connectivity index (χ2v) is 5.79. The Morgan fingerprint density at radius 3 is 1.90 bits per heavy atom. The van der Waals surface area contributed by atoms with Gasteiger partial charge in [0, 0.05) is 12.2 Å². The van der Waals surface area contributed by atoms with Gasteiger partial charge >= 0.3 is 18.4 Å². The van der Waals surface area contributed by atoms with Crippen molar-refractivity contribution in [2.24, 2.45) is 0 Å². The summed E-state index contributed by atoms with van der Waals surface area (Å²) >= 11 is 0. The van der Waals surface area contributed by atoms with E-state index in [1.54, 1.807) is 18.2 Å². The van der Waals surface area contributed by atoms with Crippen molar-refractivity contribution >= 4 is 11.7 Å². The summed E-state index contributed by atoms with van der Waals surface area (Å²) in [4.78, 5) is 11.9. The molecule has 2 amide bonds. The predicted molar refractivity (Wildman–Crippen MR) is 91.9 cm³/mol. The zero-order chi connectivity index (χ0) is 21.8. The molecule has 2 aromatic rings. The number of hydrogen-bond acceptors (Lipinski definition) is 3. The van der Waals surface area contributed by atoms with Crippen molar-refractivity contribution in [3.8, 4) is 11.5 Å². The number of halogens is 6. The van der Waals surface area contributed by atoms with Crippen LogP contribution in [0.2, 0.25) is 0 Å². The fourth-order valence-corrected chi connectivity index (χ4v) is 2.38. The molecule has 0 fully saturated rings. The van der Waals surface area contributed by atoms with Crippen molar-refractivity contribution in [2.75, 3.05) is 19.5 Å². The van der Waals surface area contributed by atoms with Gasteiger partial charge in [-0.3, -0.25) is 0 Å². The molecule has 0 heterocycles. The quantitative estimate of drug-likeness (QED) is 0.662. The normalized spacial score (nSPS) is 11.7. The number of nitrogens with one attached hydrogen (secondary N) is 2. The third-order valence-electron chi connectivity index (χ3n) is 3.75. The lowest BCUT2D eigenvalue weighted by Crippen LogP contribution is -2.28. The summed E-state index contributed by atoms with van der Waals surface area (Å²) in [5, 5.41) is 4.33. The second-order valence-electron chi connectivity index (χ2n) is 5.79. The first-order valence-corrected chi connectivity index (χ1v) is 7.99. The van der Waals surface area contributed by atoms with Crippen LogP contribution in [0.15, 0.2) is 36.4 Å². The topological polar surface area (TPSA) is 59.6 Å². The molecule has 2 aromatic carbocycles. The molecule has 11 heteroatoms. The fourth-order valence-electron chi connectivity index (χ4n) is 2.38. The molecular weight excluding hydrogens is 406 g/mol. The molecule has 0 atom stereocenters. The summed E-state index contributed by atoms with van der Waals surface area (Å²) in [6.07, 6.45) is -10.0. The van der Waals surface area contributed by atoms with Gasteiger partial charge in [0.25, 0.3) is 0 Å². The number of ether oxygens (including phenoxy) is 2. The SMILES string of the molecule is COc1ccc(CNC(=O)Nc2cc(C(F)(F)F)cc(C(F)(F)F)c2)cc1OC. The number of benzene rings is 2. The third-order valence-corrected chi connectivity index (χ3v) is 3.75. The lowest BCUT2D eigenvalue weighted by molar-refractivity contribution is -0.143. The number of carbonyl (C=O) groups excluding carboxylic acids is 1. The van der Waals surface area contributed by atoms with E-state index in [2.05, 4.69) is 5.32 Å². The van der Waals surface area contributed by atoms with Crippen LogP contribution in [0, 0.1) is 0 Å². The molecule has 0 aliphatic carbocycles. The van der Waals surface area contributed by atoms with Crippen LogP contribution in [0.25, 0.3) is 0 Å². The van der Waals surface area contributed by atoms with Gasteiger partial charge in [-0.15, -0.1) is 0 Å². The van der Waals surface area contributed by atoms with Gasteiger partial charge in [0.1, 0.15) is 0 Å².